The number of isothiocyanates is 1. The molecule has 0 amide bonds. The number of sulfone groups is 1. The van der Waals surface area contributed by atoms with Gasteiger partial charge in [0.15, 0.2) is 0 Å². The van der Waals surface area contributed by atoms with E-state index < -0.39 is 9.84 Å². The number of hydrogen-bond acceptors (Lipinski definition) is 4. The highest BCUT2D eigenvalue weighted by atomic mass is 35.5. The van der Waals surface area contributed by atoms with E-state index >= 15 is 0 Å². The molecule has 0 fully saturated rings. The van der Waals surface area contributed by atoms with Gasteiger partial charge in [0.05, 0.1) is 20.6 Å². The summed E-state index contributed by atoms with van der Waals surface area (Å²) in [5.74, 6) is 0. The van der Waals surface area contributed by atoms with Gasteiger partial charge in [0.25, 0.3) is 0 Å². The number of thiocarbonyl (C=S) groups is 1. The molecule has 0 radical (unpaired) electrons. The summed E-state index contributed by atoms with van der Waals surface area (Å²) >= 11 is 10.4. The van der Waals surface area contributed by atoms with Crippen molar-refractivity contribution in [2.75, 3.05) is 0 Å². The third-order valence-electron chi connectivity index (χ3n) is 2.76. The van der Waals surface area contributed by atoms with Crippen molar-refractivity contribution in [3.05, 3.63) is 53.1 Å². The summed E-state index contributed by atoms with van der Waals surface area (Å²) < 4.78 is 24.9. The van der Waals surface area contributed by atoms with Crippen molar-refractivity contribution < 1.29 is 8.42 Å². The Kier molecular flexibility index (Phi) is 4.35. The van der Waals surface area contributed by atoms with E-state index in [0.29, 0.717) is 10.7 Å². The maximum atomic E-state index is 12.5. The molecule has 0 aliphatic rings. The summed E-state index contributed by atoms with van der Waals surface area (Å²) in [6, 6.07) is 10.8. The molecular formula is C14H10ClNO2S2. The number of aliphatic imine (C=N–C) groups is 1. The highest BCUT2D eigenvalue weighted by Gasteiger charge is 2.18. The molecule has 0 aliphatic carbocycles. The summed E-state index contributed by atoms with van der Waals surface area (Å²) in [5.41, 5.74) is 1.28. The van der Waals surface area contributed by atoms with Crippen molar-refractivity contribution in [2.24, 2.45) is 4.99 Å². The van der Waals surface area contributed by atoms with Gasteiger partial charge >= 0.3 is 0 Å². The zero-order chi connectivity index (χ0) is 14.8. The Bertz CT molecular complexity index is 792. The van der Waals surface area contributed by atoms with E-state index in [9.17, 15) is 8.42 Å². The molecule has 102 valence electrons. The lowest BCUT2D eigenvalue weighted by Gasteiger charge is -2.06. The maximum Gasteiger partial charge on any atom is 0.206 e. The van der Waals surface area contributed by atoms with Crippen LogP contribution in [0.3, 0.4) is 0 Å². The lowest BCUT2D eigenvalue weighted by molar-refractivity contribution is 0.596. The Morgan fingerprint density at radius 1 is 1.10 bits per heavy atom. The first-order chi connectivity index (χ1) is 9.45. The summed E-state index contributed by atoms with van der Waals surface area (Å²) in [6.45, 7) is 1.76. The molecule has 0 saturated carbocycles. The van der Waals surface area contributed by atoms with Crippen LogP contribution < -0.4 is 0 Å². The SMILES string of the molecule is Cc1cc(S(=O)(=O)c2ccc(N=C=S)cc2)ccc1Cl. The number of hydrogen-bond donors (Lipinski definition) is 0. The Labute approximate surface area is 127 Å². The van der Waals surface area contributed by atoms with Crippen LogP contribution in [-0.4, -0.2) is 13.6 Å². The van der Waals surface area contributed by atoms with Crippen molar-refractivity contribution in [3.63, 3.8) is 0 Å². The van der Waals surface area contributed by atoms with E-state index in [-0.39, 0.29) is 9.79 Å². The quantitative estimate of drug-likeness (QED) is 0.627. The molecule has 3 nitrogen and oxygen atoms in total. The molecule has 2 aromatic rings. The second-order valence-electron chi connectivity index (χ2n) is 4.11. The molecule has 0 unspecified atom stereocenters. The summed E-state index contributed by atoms with van der Waals surface area (Å²) in [4.78, 5) is 4.19. The van der Waals surface area contributed by atoms with Crippen LogP contribution >= 0.6 is 23.8 Å². The second-order valence-corrected chi connectivity index (χ2v) is 6.65. The van der Waals surface area contributed by atoms with E-state index in [1.54, 1.807) is 31.2 Å². The van der Waals surface area contributed by atoms with Crippen LogP contribution in [0.2, 0.25) is 5.02 Å². The van der Waals surface area contributed by atoms with E-state index in [0.717, 1.165) is 5.56 Å². The lowest BCUT2D eigenvalue weighted by Crippen LogP contribution is -2.02. The average Bonchev–Trinajstić information content (AvgIpc) is 2.43. The molecular weight excluding hydrogens is 314 g/mol. The van der Waals surface area contributed by atoms with Gasteiger partial charge in [-0.15, -0.1) is 0 Å². The molecule has 0 spiro atoms. The highest BCUT2D eigenvalue weighted by Crippen LogP contribution is 2.26. The molecule has 0 saturated heterocycles. The predicted octanol–water partition coefficient (Wildman–Crippen LogP) is 4.22. The minimum absolute atomic E-state index is 0.197. The van der Waals surface area contributed by atoms with Crippen molar-refractivity contribution >= 4 is 44.5 Å². The van der Waals surface area contributed by atoms with Gasteiger partial charge in [-0.25, -0.2) is 8.42 Å². The predicted molar refractivity (Wildman–Crippen MR) is 82.8 cm³/mol. The standard InChI is InChI=1S/C14H10ClNO2S2/c1-10-8-13(6-7-14(10)15)20(17,18)12-4-2-11(3-5-12)16-9-19/h2-8H,1H3. The molecule has 0 aromatic heterocycles. The number of nitrogens with zero attached hydrogens (tertiary/aromatic N) is 1. The van der Waals surface area contributed by atoms with E-state index in [1.165, 1.54) is 18.2 Å². The van der Waals surface area contributed by atoms with Gasteiger partial charge in [-0.2, -0.15) is 4.99 Å². The fraction of sp³-hybridized carbons (Fsp3) is 0.0714. The third kappa shape index (κ3) is 2.97. The van der Waals surface area contributed by atoms with Gasteiger partial charge in [0, 0.05) is 5.02 Å². The number of rotatable bonds is 3. The van der Waals surface area contributed by atoms with Gasteiger partial charge in [0.2, 0.25) is 9.84 Å². The topological polar surface area (TPSA) is 46.5 Å². The van der Waals surface area contributed by atoms with Crippen molar-refractivity contribution in [1.29, 1.82) is 0 Å². The zero-order valence-electron chi connectivity index (χ0n) is 10.5. The van der Waals surface area contributed by atoms with Crippen LogP contribution in [0, 0.1) is 6.92 Å². The number of halogens is 1. The first kappa shape index (κ1) is 14.9. The van der Waals surface area contributed by atoms with Gasteiger partial charge in [0.1, 0.15) is 0 Å². The smallest absolute Gasteiger partial charge is 0.206 e. The molecule has 0 N–H and O–H groups in total. The molecule has 2 aromatic carbocycles. The number of aryl methyl sites for hydroxylation is 1. The molecule has 2 rings (SSSR count). The molecule has 0 atom stereocenters. The highest BCUT2D eigenvalue weighted by molar-refractivity contribution is 7.91. The molecule has 0 bridgehead atoms. The van der Waals surface area contributed by atoms with Gasteiger partial charge in [-0.3, -0.25) is 0 Å². The van der Waals surface area contributed by atoms with E-state index in [2.05, 4.69) is 22.4 Å². The lowest BCUT2D eigenvalue weighted by atomic mass is 10.2. The number of benzene rings is 2. The molecule has 0 heterocycles. The molecule has 20 heavy (non-hydrogen) atoms. The minimum atomic E-state index is -3.56. The maximum absolute atomic E-state index is 12.5. The molecule has 0 aliphatic heterocycles. The Morgan fingerprint density at radius 3 is 2.25 bits per heavy atom. The van der Waals surface area contributed by atoms with Gasteiger partial charge < -0.3 is 0 Å². The van der Waals surface area contributed by atoms with Crippen LogP contribution in [0.5, 0.6) is 0 Å². The van der Waals surface area contributed by atoms with Gasteiger partial charge in [-0.1, -0.05) is 11.6 Å². The van der Waals surface area contributed by atoms with Gasteiger partial charge in [-0.05, 0) is 67.2 Å². The minimum Gasteiger partial charge on any atom is -0.219 e. The van der Waals surface area contributed by atoms with E-state index in [4.69, 9.17) is 11.6 Å². The van der Waals surface area contributed by atoms with E-state index in [1.807, 2.05) is 0 Å². The first-order valence-electron chi connectivity index (χ1n) is 5.64. The van der Waals surface area contributed by atoms with Crippen LogP contribution in [0.4, 0.5) is 5.69 Å². The van der Waals surface area contributed by atoms with Crippen LogP contribution in [0.25, 0.3) is 0 Å². The third-order valence-corrected chi connectivity index (χ3v) is 5.04. The Balaban J connectivity index is 2.48. The Hall–Kier alpha value is -1.52. The summed E-state index contributed by atoms with van der Waals surface area (Å²) in [7, 11) is -3.56. The zero-order valence-corrected chi connectivity index (χ0v) is 12.9. The molecule has 6 heteroatoms. The van der Waals surface area contributed by atoms with Crippen LogP contribution in [-0.2, 0) is 9.84 Å². The summed E-state index contributed by atoms with van der Waals surface area (Å²) in [6.07, 6.45) is 0. The fourth-order valence-corrected chi connectivity index (χ4v) is 3.24. The largest absolute Gasteiger partial charge is 0.219 e. The average molecular weight is 324 g/mol. The fourth-order valence-electron chi connectivity index (χ4n) is 1.67. The summed E-state index contributed by atoms with van der Waals surface area (Å²) in [5, 5.41) is 2.77. The van der Waals surface area contributed by atoms with Crippen molar-refractivity contribution in [3.8, 4) is 0 Å². The first-order valence-corrected chi connectivity index (χ1v) is 7.91. The van der Waals surface area contributed by atoms with Crippen LogP contribution in [0.15, 0.2) is 57.2 Å². The monoisotopic (exact) mass is 323 g/mol. The Morgan fingerprint density at radius 2 is 1.70 bits per heavy atom. The van der Waals surface area contributed by atoms with Crippen molar-refractivity contribution in [1.82, 2.24) is 0 Å². The second kappa shape index (κ2) is 5.85. The normalized spacial score (nSPS) is 10.9. The van der Waals surface area contributed by atoms with Crippen molar-refractivity contribution in [2.45, 2.75) is 16.7 Å². The van der Waals surface area contributed by atoms with Crippen LogP contribution in [0.1, 0.15) is 5.56 Å².